The summed E-state index contributed by atoms with van der Waals surface area (Å²) in [6, 6.07) is 0. The molecule has 0 aromatic heterocycles. The van der Waals surface area contributed by atoms with Crippen LogP contribution in [0.4, 0.5) is 0 Å². The lowest BCUT2D eigenvalue weighted by Gasteiger charge is -2.24. The van der Waals surface area contributed by atoms with Crippen molar-refractivity contribution >= 4 is 0 Å². The van der Waals surface area contributed by atoms with Crippen molar-refractivity contribution in [2.45, 2.75) is 44.6 Å². The summed E-state index contributed by atoms with van der Waals surface area (Å²) in [5.41, 5.74) is 1.45. The van der Waals surface area contributed by atoms with Crippen molar-refractivity contribution in [3.05, 3.63) is 11.6 Å². The lowest BCUT2D eigenvalue weighted by molar-refractivity contribution is 0.0658. The van der Waals surface area contributed by atoms with E-state index >= 15 is 0 Å². The van der Waals surface area contributed by atoms with Gasteiger partial charge >= 0.3 is 0 Å². The second-order valence-corrected chi connectivity index (χ2v) is 4.47. The van der Waals surface area contributed by atoms with E-state index < -0.39 is 0 Å². The van der Waals surface area contributed by atoms with Crippen molar-refractivity contribution in [2.24, 2.45) is 5.92 Å². The van der Waals surface area contributed by atoms with E-state index in [4.69, 9.17) is 4.74 Å². The second-order valence-electron chi connectivity index (χ2n) is 4.47. The molecule has 1 aliphatic heterocycles. The summed E-state index contributed by atoms with van der Waals surface area (Å²) in [6.07, 6.45) is 8.83. The molecule has 2 nitrogen and oxygen atoms in total. The van der Waals surface area contributed by atoms with E-state index in [1.807, 2.05) is 0 Å². The van der Waals surface area contributed by atoms with Gasteiger partial charge in [0, 0.05) is 12.5 Å². The quantitative estimate of drug-likeness (QED) is 0.652. The largest absolute Gasteiger partial charge is 0.389 e. The summed E-state index contributed by atoms with van der Waals surface area (Å²) in [4.78, 5) is 0. The average molecular weight is 196 g/mol. The minimum Gasteiger partial charge on any atom is -0.389 e. The van der Waals surface area contributed by atoms with E-state index in [1.165, 1.54) is 31.3 Å². The highest BCUT2D eigenvalue weighted by atomic mass is 16.5. The molecule has 1 aliphatic carbocycles. The Kier molecular flexibility index (Phi) is 3.60. The zero-order valence-electron chi connectivity index (χ0n) is 8.74. The van der Waals surface area contributed by atoms with Crippen molar-refractivity contribution in [1.82, 2.24) is 0 Å². The maximum absolute atomic E-state index is 9.67. The van der Waals surface area contributed by atoms with Gasteiger partial charge in [0.05, 0.1) is 12.7 Å². The van der Waals surface area contributed by atoms with Gasteiger partial charge in [0.15, 0.2) is 0 Å². The molecule has 2 atom stereocenters. The lowest BCUT2D eigenvalue weighted by Crippen LogP contribution is -2.19. The van der Waals surface area contributed by atoms with Crippen LogP contribution in [0.5, 0.6) is 0 Å². The predicted molar refractivity (Wildman–Crippen MR) is 56.1 cm³/mol. The first-order valence-electron chi connectivity index (χ1n) is 5.82. The third-order valence-corrected chi connectivity index (χ3v) is 3.31. The van der Waals surface area contributed by atoms with Gasteiger partial charge in [0.1, 0.15) is 0 Å². The van der Waals surface area contributed by atoms with Crippen molar-refractivity contribution in [3.8, 4) is 0 Å². The smallest absolute Gasteiger partial charge is 0.0723 e. The molecule has 2 unspecified atom stereocenters. The van der Waals surface area contributed by atoms with Gasteiger partial charge in [0.25, 0.3) is 0 Å². The first kappa shape index (κ1) is 10.2. The standard InChI is InChI=1S/C12H20O2/c13-12-6-2-1-4-10(8-12)11-5-3-7-14-9-11/h8,11-13H,1-7,9H2. The monoisotopic (exact) mass is 196 g/mol. The summed E-state index contributed by atoms with van der Waals surface area (Å²) in [7, 11) is 0. The average Bonchev–Trinajstić information content (AvgIpc) is 2.44. The molecule has 1 N–H and O–H groups in total. The van der Waals surface area contributed by atoms with E-state index in [0.717, 1.165) is 26.1 Å². The molecule has 0 radical (unpaired) electrons. The van der Waals surface area contributed by atoms with Gasteiger partial charge in [-0.2, -0.15) is 0 Å². The van der Waals surface area contributed by atoms with Gasteiger partial charge in [-0.25, -0.2) is 0 Å². The van der Waals surface area contributed by atoms with Crippen LogP contribution >= 0.6 is 0 Å². The zero-order chi connectivity index (χ0) is 9.80. The Balaban J connectivity index is 1.98. The molecule has 0 bridgehead atoms. The van der Waals surface area contributed by atoms with Crippen LogP contribution in [0.1, 0.15) is 38.5 Å². The van der Waals surface area contributed by atoms with Gasteiger partial charge in [-0.3, -0.25) is 0 Å². The Morgan fingerprint density at radius 3 is 2.93 bits per heavy atom. The zero-order valence-corrected chi connectivity index (χ0v) is 8.74. The molecule has 2 rings (SSSR count). The third kappa shape index (κ3) is 2.58. The van der Waals surface area contributed by atoms with Crippen LogP contribution in [0.25, 0.3) is 0 Å². The molecule has 0 aromatic carbocycles. The Morgan fingerprint density at radius 1 is 1.21 bits per heavy atom. The lowest BCUT2D eigenvalue weighted by atomic mass is 9.90. The molecular weight excluding hydrogens is 176 g/mol. The summed E-state index contributed by atoms with van der Waals surface area (Å²) >= 11 is 0. The molecule has 0 spiro atoms. The highest BCUT2D eigenvalue weighted by Gasteiger charge is 2.20. The van der Waals surface area contributed by atoms with E-state index in [0.29, 0.717) is 5.92 Å². The number of hydrogen-bond acceptors (Lipinski definition) is 2. The van der Waals surface area contributed by atoms with Crippen molar-refractivity contribution < 1.29 is 9.84 Å². The molecular formula is C12H20O2. The SMILES string of the molecule is OC1C=C(C2CCCOC2)CCCC1. The van der Waals surface area contributed by atoms with Crippen LogP contribution in [0.3, 0.4) is 0 Å². The summed E-state index contributed by atoms with van der Waals surface area (Å²) in [5, 5.41) is 9.67. The number of rotatable bonds is 1. The van der Waals surface area contributed by atoms with Crippen LogP contribution < -0.4 is 0 Å². The van der Waals surface area contributed by atoms with E-state index in [9.17, 15) is 5.11 Å². The molecule has 1 saturated heterocycles. The molecule has 80 valence electrons. The van der Waals surface area contributed by atoms with Crippen LogP contribution in [-0.2, 0) is 4.74 Å². The van der Waals surface area contributed by atoms with Crippen LogP contribution in [0.15, 0.2) is 11.6 Å². The predicted octanol–water partition coefficient (Wildman–Crippen LogP) is 2.27. The fourth-order valence-corrected chi connectivity index (χ4v) is 2.47. The number of aliphatic hydroxyl groups excluding tert-OH is 1. The molecule has 14 heavy (non-hydrogen) atoms. The Morgan fingerprint density at radius 2 is 2.14 bits per heavy atom. The van der Waals surface area contributed by atoms with Crippen LogP contribution in [-0.4, -0.2) is 24.4 Å². The van der Waals surface area contributed by atoms with Crippen LogP contribution in [0, 0.1) is 5.92 Å². The van der Waals surface area contributed by atoms with Crippen LogP contribution in [0.2, 0.25) is 0 Å². The van der Waals surface area contributed by atoms with E-state index in [-0.39, 0.29) is 6.10 Å². The molecule has 0 aromatic rings. The molecule has 2 aliphatic rings. The van der Waals surface area contributed by atoms with Gasteiger partial charge in [-0.05, 0) is 32.1 Å². The van der Waals surface area contributed by atoms with Gasteiger partial charge in [-0.1, -0.05) is 18.1 Å². The molecule has 2 heteroatoms. The minimum atomic E-state index is -0.200. The first-order valence-corrected chi connectivity index (χ1v) is 5.82. The van der Waals surface area contributed by atoms with Crippen molar-refractivity contribution in [3.63, 3.8) is 0 Å². The van der Waals surface area contributed by atoms with Gasteiger partial charge in [0.2, 0.25) is 0 Å². The normalized spacial score (nSPS) is 34.8. The fraction of sp³-hybridized carbons (Fsp3) is 0.833. The number of aliphatic hydroxyl groups is 1. The summed E-state index contributed by atoms with van der Waals surface area (Å²) in [5.74, 6) is 0.594. The number of hydrogen-bond donors (Lipinski definition) is 1. The van der Waals surface area contributed by atoms with Gasteiger partial charge in [-0.15, -0.1) is 0 Å². The fourth-order valence-electron chi connectivity index (χ4n) is 2.47. The maximum atomic E-state index is 9.67. The Hall–Kier alpha value is -0.340. The molecule has 1 fully saturated rings. The number of ether oxygens (including phenoxy) is 1. The highest BCUT2D eigenvalue weighted by Crippen LogP contribution is 2.29. The molecule has 0 amide bonds. The minimum absolute atomic E-state index is 0.200. The van der Waals surface area contributed by atoms with Gasteiger partial charge < -0.3 is 9.84 Å². The topological polar surface area (TPSA) is 29.5 Å². The van der Waals surface area contributed by atoms with E-state index in [1.54, 1.807) is 0 Å². The first-order chi connectivity index (χ1) is 6.86. The molecule has 1 heterocycles. The van der Waals surface area contributed by atoms with E-state index in [2.05, 4.69) is 6.08 Å². The summed E-state index contributed by atoms with van der Waals surface area (Å²) in [6.45, 7) is 1.80. The maximum Gasteiger partial charge on any atom is 0.0723 e. The van der Waals surface area contributed by atoms with Crippen molar-refractivity contribution in [2.75, 3.05) is 13.2 Å². The Labute approximate surface area is 86.0 Å². The Bertz CT molecular complexity index is 204. The second kappa shape index (κ2) is 4.94. The third-order valence-electron chi connectivity index (χ3n) is 3.31. The summed E-state index contributed by atoms with van der Waals surface area (Å²) < 4.78 is 5.49. The highest BCUT2D eigenvalue weighted by molar-refractivity contribution is 5.11. The molecule has 0 saturated carbocycles. The van der Waals surface area contributed by atoms with Crippen molar-refractivity contribution in [1.29, 1.82) is 0 Å².